The number of ketones is 1. The lowest BCUT2D eigenvalue weighted by atomic mass is 9.45. The Hall–Kier alpha value is -2.20. The number of furan rings is 1. The Labute approximate surface area is 226 Å². The minimum atomic E-state index is -3.94. The molecule has 1 N–H and O–H groups in total. The molecule has 4 aliphatic carbocycles. The highest BCUT2D eigenvalue weighted by Crippen LogP contribution is 2.73. The molecule has 1 aliphatic heterocycles. The van der Waals surface area contributed by atoms with Gasteiger partial charge in [-0.2, -0.15) is 8.42 Å². The van der Waals surface area contributed by atoms with Gasteiger partial charge in [-0.1, -0.05) is 32.4 Å². The van der Waals surface area contributed by atoms with Crippen molar-refractivity contribution in [3.05, 3.63) is 58.9 Å². The van der Waals surface area contributed by atoms with E-state index in [9.17, 15) is 23.1 Å². The number of hydrogen-bond donors (Lipinski definition) is 1. The normalized spacial score (nSPS) is 45.0. The Morgan fingerprint density at radius 1 is 1.24 bits per heavy atom. The topological polar surface area (TPSA) is 120 Å². The summed E-state index contributed by atoms with van der Waals surface area (Å²) in [6.07, 6.45) is 7.39. The molecule has 0 radical (unpaired) electrons. The van der Waals surface area contributed by atoms with Gasteiger partial charge in [-0.15, -0.1) is 11.6 Å². The molecule has 1 unspecified atom stereocenters. The van der Waals surface area contributed by atoms with Gasteiger partial charge in [0.15, 0.2) is 5.78 Å². The molecule has 3 saturated carbocycles. The second kappa shape index (κ2) is 8.16. The van der Waals surface area contributed by atoms with Crippen LogP contribution in [0.4, 0.5) is 0 Å². The van der Waals surface area contributed by atoms with Gasteiger partial charge in [-0.25, -0.2) is 4.79 Å². The third-order valence-electron chi connectivity index (χ3n) is 10.3. The number of esters is 1. The minimum absolute atomic E-state index is 0.00557. The Kier molecular flexibility index (Phi) is 5.59. The van der Waals surface area contributed by atoms with E-state index in [1.807, 2.05) is 26.8 Å². The number of rotatable bonds is 3. The average molecular weight is 563 g/mol. The molecular formula is C28H31ClO8S. The van der Waals surface area contributed by atoms with Gasteiger partial charge in [0.05, 0.1) is 29.3 Å². The summed E-state index contributed by atoms with van der Waals surface area (Å²) in [7, 11) is -3.94. The highest BCUT2D eigenvalue weighted by atomic mass is 35.5. The molecule has 5 aliphatic rings. The molecule has 6 rings (SSSR count). The fourth-order valence-electron chi connectivity index (χ4n) is 8.67. The summed E-state index contributed by atoms with van der Waals surface area (Å²) in [6, 6.07) is 3.08. The van der Waals surface area contributed by atoms with Crippen molar-refractivity contribution in [1.82, 2.24) is 0 Å². The number of aliphatic hydroxyl groups is 1. The van der Waals surface area contributed by atoms with Crippen LogP contribution < -0.4 is 0 Å². The van der Waals surface area contributed by atoms with Crippen LogP contribution in [0.5, 0.6) is 0 Å². The van der Waals surface area contributed by atoms with Crippen LogP contribution in [0.2, 0.25) is 0 Å². The van der Waals surface area contributed by atoms with E-state index < -0.39 is 43.5 Å². The lowest BCUT2D eigenvalue weighted by Crippen LogP contribution is -2.68. The molecule has 10 heteroatoms. The van der Waals surface area contributed by atoms with Crippen molar-refractivity contribution in [3.63, 3.8) is 0 Å². The molecule has 0 spiro atoms. The van der Waals surface area contributed by atoms with Crippen LogP contribution in [0.3, 0.4) is 0 Å². The highest BCUT2D eigenvalue weighted by Gasteiger charge is 2.75. The maximum absolute atomic E-state index is 13.4. The number of fused-ring (bicyclic) bond motifs is 5. The molecule has 0 amide bonds. The van der Waals surface area contributed by atoms with Gasteiger partial charge < -0.3 is 14.3 Å². The predicted octanol–water partition coefficient (Wildman–Crippen LogP) is 4.31. The van der Waals surface area contributed by atoms with E-state index in [-0.39, 0.29) is 42.3 Å². The third kappa shape index (κ3) is 3.19. The van der Waals surface area contributed by atoms with E-state index in [4.69, 9.17) is 24.9 Å². The Morgan fingerprint density at radius 2 is 2.00 bits per heavy atom. The SMILES string of the molecule is C[C@@H]1C[C@H]2[C@@H]3CCC4=CC(=O)C=C[C@]4(C)C3(Cl)[C@@H](O)C[C@]2(C)[C@@]1(OC(=O)c1ccco1)C1=CS(=O)(=O)OC1. The molecule has 8 atom stereocenters. The number of allylic oxidation sites excluding steroid dienone is 4. The Morgan fingerprint density at radius 3 is 2.66 bits per heavy atom. The fourth-order valence-corrected chi connectivity index (χ4v) is 10.1. The average Bonchev–Trinajstić information content (AvgIpc) is 3.55. The largest absolute Gasteiger partial charge is 0.457 e. The molecule has 2 heterocycles. The fraction of sp³-hybridized carbons (Fsp3) is 0.571. The maximum Gasteiger partial charge on any atom is 0.375 e. The van der Waals surface area contributed by atoms with Crippen LogP contribution in [0.1, 0.15) is 57.0 Å². The quantitative estimate of drug-likeness (QED) is 0.329. The van der Waals surface area contributed by atoms with E-state index in [1.54, 1.807) is 12.1 Å². The first-order chi connectivity index (χ1) is 17.8. The van der Waals surface area contributed by atoms with Crippen molar-refractivity contribution in [2.24, 2.45) is 28.6 Å². The van der Waals surface area contributed by atoms with E-state index in [0.29, 0.717) is 24.8 Å². The van der Waals surface area contributed by atoms with Gasteiger partial charge in [0, 0.05) is 22.3 Å². The molecule has 0 saturated heterocycles. The van der Waals surface area contributed by atoms with Crippen LogP contribution in [0.25, 0.3) is 0 Å². The molecule has 1 aromatic heterocycles. The molecule has 0 aromatic carbocycles. The van der Waals surface area contributed by atoms with E-state index >= 15 is 0 Å². The minimum Gasteiger partial charge on any atom is -0.457 e. The Bertz CT molecular complexity index is 1410. The number of halogens is 1. The Balaban J connectivity index is 1.50. The van der Waals surface area contributed by atoms with Crippen molar-refractivity contribution < 1.29 is 36.5 Å². The standard InChI is InChI=1S/C28H31ClO8S/c1-16-11-21-20-7-6-17-12-19(30)8-9-25(17,2)27(20,29)23(31)13-26(21,3)28(16,18-14-36-38(33,34)15-18)37-24(32)22-5-4-10-35-22/h4-5,8-10,12,15-16,20-21,23,31H,6-7,11,13-14H2,1-3H3/t16-,20+,21+,23+,25+,26+,27?,28+/m1/s1. The first-order valence-corrected chi connectivity index (χ1v) is 14.8. The first kappa shape index (κ1) is 26.0. The number of carbonyl (C=O) groups is 2. The van der Waals surface area contributed by atoms with Crippen molar-refractivity contribution in [2.75, 3.05) is 6.61 Å². The third-order valence-corrected chi connectivity index (χ3v) is 12.2. The molecule has 38 heavy (non-hydrogen) atoms. The zero-order valence-electron chi connectivity index (χ0n) is 21.5. The van der Waals surface area contributed by atoms with Crippen molar-refractivity contribution in [1.29, 1.82) is 0 Å². The van der Waals surface area contributed by atoms with Gasteiger partial charge >= 0.3 is 5.97 Å². The molecule has 3 fully saturated rings. The van der Waals surface area contributed by atoms with E-state index in [1.165, 1.54) is 18.4 Å². The first-order valence-electron chi connectivity index (χ1n) is 13.0. The summed E-state index contributed by atoms with van der Waals surface area (Å²) in [5.74, 6) is -1.40. The zero-order chi connectivity index (χ0) is 27.3. The van der Waals surface area contributed by atoms with Gasteiger partial charge in [0.25, 0.3) is 10.1 Å². The lowest BCUT2D eigenvalue weighted by Gasteiger charge is -2.64. The summed E-state index contributed by atoms with van der Waals surface area (Å²) in [4.78, 5) is 24.5. The van der Waals surface area contributed by atoms with Crippen LogP contribution in [-0.4, -0.2) is 48.5 Å². The molecule has 0 bridgehead atoms. The lowest BCUT2D eigenvalue weighted by molar-refractivity contribution is -0.151. The number of carbonyl (C=O) groups excluding carboxylic acids is 2. The predicted molar refractivity (Wildman–Crippen MR) is 137 cm³/mol. The number of aliphatic hydroxyl groups excluding tert-OH is 1. The van der Waals surface area contributed by atoms with Gasteiger partial charge in [-0.3, -0.25) is 8.98 Å². The summed E-state index contributed by atoms with van der Waals surface area (Å²) >= 11 is 7.54. The van der Waals surface area contributed by atoms with Crippen LogP contribution in [-0.2, 0) is 23.8 Å². The maximum atomic E-state index is 13.4. The van der Waals surface area contributed by atoms with Crippen molar-refractivity contribution >= 4 is 33.5 Å². The number of alkyl halides is 1. The van der Waals surface area contributed by atoms with Crippen LogP contribution >= 0.6 is 11.6 Å². The molecule has 204 valence electrons. The van der Waals surface area contributed by atoms with Gasteiger partial charge in [-0.05, 0) is 61.8 Å². The second-order valence-electron chi connectivity index (χ2n) is 11.9. The van der Waals surface area contributed by atoms with E-state index in [0.717, 1.165) is 11.0 Å². The van der Waals surface area contributed by atoms with Crippen molar-refractivity contribution in [2.45, 2.75) is 63.0 Å². The highest BCUT2D eigenvalue weighted by molar-refractivity contribution is 7.89. The monoisotopic (exact) mass is 562 g/mol. The smallest absolute Gasteiger partial charge is 0.375 e. The van der Waals surface area contributed by atoms with Crippen molar-refractivity contribution in [3.8, 4) is 0 Å². The summed E-state index contributed by atoms with van der Waals surface area (Å²) in [5.41, 5.74) is -1.70. The van der Waals surface area contributed by atoms with Gasteiger partial charge in [0.1, 0.15) is 5.60 Å². The van der Waals surface area contributed by atoms with Gasteiger partial charge in [0.2, 0.25) is 5.76 Å². The summed E-state index contributed by atoms with van der Waals surface area (Å²) in [5, 5.41) is 13.0. The number of hydrogen-bond acceptors (Lipinski definition) is 8. The number of ether oxygens (including phenoxy) is 1. The molecule has 8 nitrogen and oxygen atoms in total. The molecule has 1 aromatic rings. The second-order valence-corrected chi connectivity index (χ2v) is 14.0. The summed E-state index contributed by atoms with van der Waals surface area (Å²) < 4.78 is 41.6. The van der Waals surface area contributed by atoms with E-state index in [2.05, 4.69) is 0 Å². The van der Waals surface area contributed by atoms with Crippen LogP contribution in [0, 0.1) is 28.6 Å². The summed E-state index contributed by atoms with van der Waals surface area (Å²) in [6.45, 7) is 5.66. The molecular weight excluding hydrogens is 532 g/mol. The van der Waals surface area contributed by atoms with Crippen LogP contribution in [0.15, 0.2) is 57.6 Å². The zero-order valence-corrected chi connectivity index (χ0v) is 23.0.